The van der Waals surface area contributed by atoms with E-state index < -0.39 is 16.3 Å². The summed E-state index contributed by atoms with van der Waals surface area (Å²) in [4.78, 5) is 25.9. The van der Waals surface area contributed by atoms with Gasteiger partial charge in [0.15, 0.2) is 0 Å². The smallest absolute Gasteiger partial charge is 0.248 e. The fourth-order valence-corrected chi connectivity index (χ4v) is 2.94. The summed E-state index contributed by atoms with van der Waals surface area (Å²) in [7, 11) is -0.916. The monoisotopic (exact) mass is 272 g/mol. The van der Waals surface area contributed by atoms with E-state index in [4.69, 9.17) is 0 Å². The van der Waals surface area contributed by atoms with Crippen LogP contribution < -0.4 is 5.32 Å². The van der Waals surface area contributed by atoms with Gasteiger partial charge in [0.2, 0.25) is 11.8 Å². The molecule has 0 radical (unpaired) electrons. The van der Waals surface area contributed by atoms with E-state index in [0.717, 1.165) is 12.8 Å². The third kappa shape index (κ3) is 2.74. The minimum Gasteiger partial charge on any atom is -0.342 e. The highest BCUT2D eigenvalue weighted by atomic mass is 32.2. The molecular weight excluding hydrogens is 252 g/mol. The van der Waals surface area contributed by atoms with E-state index in [1.807, 2.05) is 6.92 Å². The van der Waals surface area contributed by atoms with Gasteiger partial charge in [0.25, 0.3) is 0 Å². The van der Waals surface area contributed by atoms with Crippen molar-refractivity contribution < 1.29 is 13.8 Å². The first-order chi connectivity index (χ1) is 8.43. The average Bonchev–Trinajstić information content (AvgIpc) is 3.10. The van der Waals surface area contributed by atoms with Gasteiger partial charge in [-0.05, 0) is 25.7 Å². The maximum absolute atomic E-state index is 12.5. The predicted molar refractivity (Wildman–Crippen MR) is 69.4 cm³/mol. The van der Waals surface area contributed by atoms with Gasteiger partial charge in [-0.1, -0.05) is 0 Å². The SMILES string of the molecule is CS(=O)CCN1CCC(=O)NC(C)(C2CC2)C1=O. The molecule has 1 aliphatic carbocycles. The summed E-state index contributed by atoms with van der Waals surface area (Å²) in [6.45, 7) is 2.73. The van der Waals surface area contributed by atoms with Gasteiger partial charge < -0.3 is 10.2 Å². The van der Waals surface area contributed by atoms with Crippen molar-refractivity contribution in [2.24, 2.45) is 5.92 Å². The molecule has 5 nitrogen and oxygen atoms in total. The summed E-state index contributed by atoms with van der Waals surface area (Å²) < 4.78 is 11.1. The third-order valence-electron chi connectivity index (χ3n) is 3.78. The van der Waals surface area contributed by atoms with Gasteiger partial charge in [0, 0.05) is 42.3 Å². The van der Waals surface area contributed by atoms with E-state index in [2.05, 4.69) is 5.32 Å². The number of nitrogens with one attached hydrogen (secondary N) is 1. The first kappa shape index (κ1) is 13.5. The molecule has 1 heterocycles. The van der Waals surface area contributed by atoms with Gasteiger partial charge in [-0.3, -0.25) is 13.8 Å². The summed E-state index contributed by atoms with van der Waals surface area (Å²) in [5, 5.41) is 2.88. The third-order valence-corrected chi connectivity index (χ3v) is 4.54. The minimum absolute atomic E-state index is 0.0127. The van der Waals surface area contributed by atoms with Crippen LogP contribution in [0, 0.1) is 5.92 Å². The highest BCUT2D eigenvalue weighted by molar-refractivity contribution is 7.84. The molecule has 0 aromatic carbocycles. The maximum atomic E-state index is 12.5. The van der Waals surface area contributed by atoms with Gasteiger partial charge in [-0.15, -0.1) is 0 Å². The van der Waals surface area contributed by atoms with Crippen LogP contribution in [0.3, 0.4) is 0 Å². The second kappa shape index (κ2) is 4.99. The van der Waals surface area contributed by atoms with Crippen molar-refractivity contribution >= 4 is 22.6 Å². The molecule has 0 aromatic rings. The second-order valence-corrected chi connectivity index (χ2v) is 6.90. The molecule has 1 saturated heterocycles. The molecule has 1 saturated carbocycles. The molecule has 2 unspecified atom stereocenters. The van der Waals surface area contributed by atoms with E-state index in [9.17, 15) is 13.8 Å². The van der Waals surface area contributed by atoms with Gasteiger partial charge in [0.05, 0.1) is 0 Å². The summed E-state index contributed by atoms with van der Waals surface area (Å²) in [6.07, 6.45) is 3.96. The number of hydrogen-bond donors (Lipinski definition) is 1. The van der Waals surface area contributed by atoms with Gasteiger partial charge in [-0.2, -0.15) is 0 Å². The fraction of sp³-hybridized carbons (Fsp3) is 0.833. The van der Waals surface area contributed by atoms with Crippen LogP contribution in [0.15, 0.2) is 0 Å². The van der Waals surface area contributed by atoms with E-state index >= 15 is 0 Å². The number of carbonyl (C=O) groups is 2. The molecular formula is C12H20N2O3S. The van der Waals surface area contributed by atoms with Crippen LogP contribution in [-0.4, -0.2) is 51.6 Å². The quantitative estimate of drug-likeness (QED) is 0.776. The first-order valence-electron chi connectivity index (χ1n) is 6.34. The summed E-state index contributed by atoms with van der Waals surface area (Å²) in [5.41, 5.74) is -0.747. The van der Waals surface area contributed by atoms with Gasteiger partial charge >= 0.3 is 0 Å². The number of nitrogens with zero attached hydrogens (tertiary/aromatic N) is 1. The zero-order valence-corrected chi connectivity index (χ0v) is 11.7. The van der Waals surface area contributed by atoms with Crippen molar-refractivity contribution in [2.45, 2.75) is 31.7 Å². The Hall–Kier alpha value is -0.910. The van der Waals surface area contributed by atoms with E-state index in [1.165, 1.54) is 0 Å². The molecule has 0 bridgehead atoms. The van der Waals surface area contributed by atoms with E-state index in [-0.39, 0.29) is 17.7 Å². The molecule has 2 rings (SSSR count). The molecule has 102 valence electrons. The van der Waals surface area contributed by atoms with Crippen LogP contribution in [0.1, 0.15) is 26.2 Å². The minimum atomic E-state index is -0.916. The topological polar surface area (TPSA) is 66.5 Å². The maximum Gasteiger partial charge on any atom is 0.248 e. The Balaban J connectivity index is 2.13. The molecule has 1 aliphatic heterocycles. The largest absolute Gasteiger partial charge is 0.342 e. The van der Waals surface area contributed by atoms with Crippen LogP contribution in [0.25, 0.3) is 0 Å². The van der Waals surface area contributed by atoms with E-state index in [0.29, 0.717) is 25.3 Å². The lowest BCUT2D eigenvalue weighted by atomic mass is 9.94. The molecule has 0 spiro atoms. The summed E-state index contributed by atoms with van der Waals surface area (Å²) in [5.74, 6) is 0.668. The lowest BCUT2D eigenvalue weighted by molar-refractivity contribution is -0.138. The van der Waals surface area contributed by atoms with E-state index in [1.54, 1.807) is 11.2 Å². The Morgan fingerprint density at radius 3 is 2.67 bits per heavy atom. The molecule has 2 fully saturated rings. The summed E-state index contributed by atoms with van der Waals surface area (Å²) in [6, 6.07) is 0. The first-order valence-corrected chi connectivity index (χ1v) is 8.06. The molecule has 2 amide bonds. The van der Waals surface area contributed by atoms with Crippen molar-refractivity contribution in [3.8, 4) is 0 Å². The van der Waals surface area contributed by atoms with Crippen molar-refractivity contribution in [1.82, 2.24) is 10.2 Å². The van der Waals surface area contributed by atoms with Crippen molar-refractivity contribution in [2.75, 3.05) is 25.1 Å². The molecule has 6 heteroatoms. The Morgan fingerprint density at radius 1 is 1.44 bits per heavy atom. The van der Waals surface area contributed by atoms with Crippen LogP contribution in [0.5, 0.6) is 0 Å². The van der Waals surface area contributed by atoms with Crippen molar-refractivity contribution in [3.05, 3.63) is 0 Å². The van der Waals surface area contributed by atoms with Crippen LogP contribution in [0.2, 0.25) is 0 Å². The van der Waals surface area contributed by atoms with Crippen LogP contribution in [0.4, 0.5) is 0 Å². The number of amides is 2. The van der Waals surface area contributed by atoms with Crippen molar-refractivity contribution in [1.29, 1.82) is 0 Å². The Labute approximate surface area is 110 Å². The average molecular weight is 272 g/mol. The zero-order valence-electron chi connectivity index (χ0n) is 10.9. The second-order valence-electron chi connectivity index (χ2n) is 5.34. The Bertz CT molecular complexity index is 395. The van der Waals surface area contributed by atoms with Crippen LogP contribution >= 0.6 is 0 Å². The number of rotatable bonds is 4. The highest BCUT2D eigenvalue weighted by Crippen LogP contribution is 2.41. The van der Waals surface area contributed by atoms with Crippen molar-refractivity contribution in [3.63, 3.8) is 0 Å². The lowest BCUT2D eigenvalue weighted by Crippen LogP contribution is -2.57. The molecule has 2 atom stereocenters. The molecule has 2 aliphatic rings. The molecule has 0 aromatic heterocycles. The highest BCUT2D eigenvalue weighted by Gasteiger charge is 2.50. The zero-order chi connectivity index (χ0) is 13.3. The molecule has 18 heavy (non-hydrogen) atoms. The fourth-order valence-electron chi connectivity index (χ4n) is 2.46. The standard InChI is InChI=1S/C12H20N2O3S/c1-12(9-3-4-9)11(16)14(7-8-18(2)17)6-5-10(15)13-12/h9H,3-8H2,1-2H3,(H,13,15). The Kier molecular flexibility index (Phi) is 3.75. The summed E-state index contributed by atoms with van der Waals surface area (Å²) >= 11 is 0. The lowest BCUT2D eigenvalue weighted by Gasteiger charge is -2.32. The van der Waals surface area contributed by atoms with Crippen LogP contribution in [-0.2, 0) is 20.4 Å². The number of hydrogen-bond acceptors (Lipinski definition) is 3. The Morgan fingerprint density at radius 2 is 2.11 bits per heavy atom. The predicted octanol–water partition coefficient (Wildman–Crippen LogP) is -0.118. The molecule has 1 N–H and O–H groups in total. The van der Waals surface area contributed by atoms with Gasteiger partial charge in [0.1, 0.15) is 5.54 Å². The van der Waals surface area contributed by atoms with Gasteiger partial charge in [-0.25, -0.2) is 0 Å². The number of carbonyl (C=O) groups excluding carboxylic acids is 2. The normalized spacial score (nSPS) is 30.9.